The summed E-state index contributed by atoms with van der Waals surface area (Å²) >= 11 is 1.71. The van der Waals surface area contributed by atoms with Crippen molar-refractivity contribution in [1.29, 1.82) is 0 Å². The molecule has 0 radical (unpaired) electrons. The molecular formula is C33H33N3O5S. The number of ether oxygens (including phenoxy) is 2. The van der Waals surface area contributed by atoms with Crippen LogP contribution in [0, 0.1) is 0 Å². The zero-order valence-corrected chi connectivity index (χ0v) is 24.6. The van der Waals surface area contributed by atoms with E-state index in [2.05, 4.69) is 47.1 Å². The second kappa shape index (κ2) is 11.1. The third-order valence-electron chi connectivity index (χ3n) is 8.39. The third kappa shape index (κ3) is 4.86. The van der Waals surface area contributed by atoms with Crippen molar-refractivity contribution in [3.63, 3.8) is 0 Å². The van der Waals surface area contributed by atoms with Crippen molar-refractivity contribution in [2.24, 2.45) is 0 Å². The highest BCUT2D eigenvalue weighted by Gasteiger charge is 2.24. The lowest BCUT2D eigenvalue weighted by Gasteiger charge is -2.33. The van der Waals surface area contributed by atoms with Crippen LogP contribution in [0.5, 0.6) is 0 Å². The summed E-state index contributed by atoms with van der Waals surface area (Å²) in [4.78, 5) is 32.4. The Morgan fingerprint density at radius 3 is 2.50 bits per heavy atom. The Morgan fingerprint density at radius 2 is 1.69 bits per heavy atom. The molecule has 0 spiro atoms. The molecule has 1 amide bonds. The fraction of sp³-hybridized carbons (Fsp3) is 0.333. The third-order valence-corrected chi connectivity index (χ3v) is 9.61. The maximum absolute atomic E-state index is 13.3. The number of para-hydroxylation sites is 1. The summed E-state index contributed by atoms with van der Waals surface area (Å²) in [5.41, 5.74) is 3.32. The monoisotopic (exact) mass is 583 g/mol. The highest BCUT2D eigenvalue weighted by molar-refractivity contribution is 7.26. The van der Waals surface area contributed by atoms with Crippen molar-refractivity contribution in [2.45, 2.75) is 13.0 Å². The van der Waals surface area contributed by atoms with Crippen molar-refractivity contribution >= 4 is 60.0 Å². The molecule has 0 N–H and O–H groups in total. The summed E-state index contributed by atoms with van der Waals surface area (Å²) in [5.74, 6) is 0.640. The van der Waals surface area contributed by atoms with Gasteiger partial charge in [-0.25, -0.2) is 0 Å². The van der Waals surface area contributed by atoms with Crippen LogP contribution in [0.1, 0.15) is 6.92 Å². The first-order chi connectivity index (χ1) is 20.5. The van der Waals surface area contributed by atoms with E-state index >= 15 is 0 Å². The van der Waals surface area contributed by atoms with Crippen LogP contribution in [-0.4, -0.2) is 76.5 Å². The van der Waals surface area contributed by atoms with E-state index in [1.165, 1.54) is 0 Å². The van der Waals surface area contributed by atoms with Crippen molar-refractivity contribution in [2.75, 3.05) is 69.5 Å². The van der Waals surface area contributed by atoms with Gasteiger partial charge in [-0.15, -0.1) is 11.3 Å². The molecule has 2 aliphatic rings. The molecule has 9 heteroatoms. The lowest BCUT2D eigenvalue weighted by molar-refractivity contribution is -0.120. The maximum Gasteiger partial charge on any atom is 0.240 e. The lowest BCUT2D eigenvalue weighted by Crippen LogP contribution is -2.44. The van der Waals surface area contributed by atoms with E-state index in [0.717, 1.165) is 50.1 Å². The van der Waals surface area contributed by atoms with E-state index in [1.807, 2.05) is 31.3 Å². The Kier molecular flexibility index (Phi) is 7.19. The van der Waals surface area contributed by atoms with E-state index in [0.29, 0.717) is 56.4 Å². The minimum absolute atomic E-state index is 0.0512. The number of carbonyl (C=O) groups excluding carboxylic acids is 1. The van der Waals surface area contributed by atoms with Gasteiger partial charge in [0.1, 0.15) is 5.58 Å². The van der Waals surface area contributed by atoms with Crippen LogP contribution in [0.4, 0.5) is 11.6 Å². The van der Waals surface area contributed by atoms with Gasteiger partial charge in [0, 0.05) is 69.7 Å². The smallest absolute Gasteiger partial charge is 0.240 e. The second-order valence-corrected chi connectivity index (χ2v) is 12.1. The number of carbonyl (C=O) groups is 1. The van der Waals surface area contributed by atoms with Crippen LogP contribution < -0.4 is 15.2 Å². The van der Waals surface area contributed by atoms with Crippen molar-refractivity contribution in [3.8, 4) is 11.1 Å². The molecule has 2 saturated heterocycles. The van der Waals surface area contributed by atoms with E-state index < -0.39 is 0 Å². The molecule has 2 aromatic heterocycles. The summed E-state index contributed by atoms with van der Waals surface area (Å²) < 4.78 is 19.8. The summed E-state index contributed by atoms with van der Waals surface area (Å²) in [6.45, 7) is 7.22. The summed E-state index contributed by atoms with van der Waals surface area (Å²) in [6.07, 6.45) is 0. The van der Waals surface area contributed by atoms with Crippen molar-refractivity contribution < 1.29 is 18.7 Å². The molecule has 42 heavy (non-hydrogen) atoms. The fourth-order valence-corrected chi connectivity index (χ4v) is 7.19. The number of hydrogen-bond acceptors (Lipinski definition) is 8. The Bertz CT molecular complexity index is 1860. The quantitative estimate of drug-likeness (QED) is 0.276. The molecule has 1 atom stereocenters. The van der Waals surface area contributed by atoms with Gasteiger partial charge in [0.2, 0.25) is 5.91 Å². The molecule has 2 aliphatic heterocycles. The normalized spacial score (nSPS) is 18.2. The SMILES string of the molecule is C[C@H]1COCCN1c1cc(=O)c2cccc(-c3cccc4c3sc3ccc(N(C)C(=O)CN5CCOCC5)cc34)c2o1. The number of rotatable bonds is 5. The highest BCUT2D eigenvalue weighted by atomic mass is 32.1. The topological polar surface area (TPSA) is 75.5 Å². The Labute approximate surface area is 247 Å². The summed E-state index contributed by atoms with van der Waals surface area (Å²) in [6, 6.07) is 20.0. The first-order valence-corrected chi connectivity index (χ1v) is 15.2. The Hall–Kier alpha value is -3.76. The first-order valence-electron chi connectivity index (χ1n) is 14.4. The number of fused-ring (bicyclic) bond motifs is 4. The first kappa shape index (κ1) is 27.1. The van der Waals surface area contributed by atoms with Gasteiger partial charge in [0.05, 0.1) is 44.4 Å². The van der Waals surface area contributed by atoms with Crippen LogP contribution in [-0.2, 0) is 14.3 Å². The minimum atomic E-state index is -0.0512. The molecule has 7 rings (SSSR count). The standard InChI is InChI=1S/C33H33N3O5S/c1-21-20-40-16-13-36(21)31-18-28(37)26-8-3-5-23(32(26)41-31)24-6-4-7-25-27-17-22(9-10-29(27)42-33(24)25)34(2)30(38)19-35-11-14-39-15-12-35/h3-10,17-18,21H,11-16,19-20H2,1-2H3/t21-/m0/s1. The van der Waals surface area contributed by atoms with Gasteiger partial charge < -0.3 is 23.7 Å². The van der Waals surface area contributed by atoms with E-state index in [-0.39, 0.29) is 17.4 Å². The van der Waals surface area contributed by atoms with Crippen LogP contribution in [0.15, 0.2) is 69.9 Å². The Balaban J connectivity index is 1.29. The van der Waals surface area contributed by atoms with E-state index in [4.69, 9.17) is 13.9 Å². The van der Waals surface area contributed by atoms with Crippen LogP contribution in [0.3, 0.4) is 0 Å². The van der Waals surface area contributed by atoms with Gasteiger partial charge in [0.25, 0.3) is 0 Å². The number of amides is 1. The predicted molar refractivity (Wildman–Crippen MR) is 169 cm³/mol. The van der Waals surface area contributed by atoms with Gasteiger partial charge in [-0.2, -0.15) is 0 Å². The van der Waals surface area contributed by atoms with E-state index in [1.54, 1.807) is 22.3 Å². The number of anilines is 2. The second-order valence-electron chi connectivity index (χ2n) is 11.1. The zero-order chi connectivity index (χ0) is 28.8. The maximum atomic E-state index is 13.3. The molecule has 0 aliphatic carbocycles. The lowest BCUT2D eigenvalue weighted by atomic mass is 10.0. The zero-order valence-electron chi connectivity index (χ0n) is 23.8. The van der Waals surface area contributed by atoms with Crippen molar-refractivity contribution in [3.05, 3.63) is 70.9 Å². The number of benzene rings is 3. The van der Waals surface area contributed by atoms with E-state index in [9.17, 15) is 9.59 Å². The van der Waals surface area contributed by atoms with Crippen LogP contribution in [0.25, 0.3) is 42.3 Å². The van der Waals surface area contributed by atoms with Gasteiger partial charge in [-0.1, -0.05) is 30.3 Å². The van der Waals surface area contributed by atoms with Gasteiger partial charge in [0.15, 0.2) is 11.3 Å². The number of hydrogen-bond donors (Lipinski definition) is 0. The number of morpholine rings is 2. The molecule has 4 heterocycles. The van der Waals surface area contributed by atoms with Crippen LogP contribution >= 0.6 is 11.3 Å². The number of likely N-dealkylation sites (N-methyl/N-ethyl adjacent to an activating group) is 1. The summed E-state index contributed by atoms with van der Waals surface area (Å²) in [7, 11) is 1.84. The average Bonchev–Trinajstić information content (AvgIpc) is 3.39. The molecule has 2 fully saturated rings. The minimum Gasteiger partial charge on any atom is -0.440 e. The fourth-order valence-electron chi connectivity index (χ4n) is 5.98. The predicted octanol–water partition coefficient (Wildman–Crippen LogP) is 5.35. The largest absolute Gasteiger partial charge is 0.440 e. The molecule has 8 nitrogen and oxygen atoms in total. The van der Waals surface area contributed by atoms with Gasteiger partial charge in [-0.05, 0) is 31.2 Å². The molecule has 0 bridgehead atoms. The van der Waals surface area contributed by atoms with Crippen LogP contribution in [0.2, 0.25) is 0 Å². The van der Waals surface area contributed by atoms with Gasteiger partial charge in [-0.3, -0.25) is 14.5 Å². The number of thiophene rings is 1. The average molecular weight is 584 g/mol. The molecule has 0 unspecified atom stereocenters. The molecule has 216 valence electrons. The molecular weight excluding hydrogens is 550 g/mol. The molecule has 5 aromatic rings. The molecule has 3 aromatic carbocycles. The van der Waals surface area contributed by atoms with Gasteiger partial charge >= 0.3 is 0 Å². The van der Waals surface area contributed by atoms with Crippen molar-refractivity contribution in [1.82, 2.24) is 4.90 Å². The number of nitrogens with zero attached hydrogens (tertiary/aromatic N) is 3. The summed E-state index contributed by atoms with van der Waals surface area (Å²) in [5, 5.41) is 2.78. The molecule has 0 saturated carbocycles. The Morgan fingerprint density at radius 1 is 0.929 bits per heavy atom. The highest BCUT2D eigenvalue weighted by Crippen LogP contribution is 2.43.